The molecule has 0 radical (unpaired) electrons. The Hall–Kier alpha value is -2.57. The summed E-state index contributed by atoms with van der Waals surface area (Å²) in [5.74, 6) is -0.855. The van der Waals surface area contributed by atoms with E-state index in [1.807, 2.05) is 24.3 Å². The second-order valence-electron chi connectivity index (χ2n) is 7.03. The highest BCUT2D eigenvalue weighted by Gasteiger charge is 2.52. The molecule has 144 valence electrons. The maximum Gasteiger partial charge on any atom is 0.325 e. The molecule has 4 rings (SSSR count). The lowest BCUT2D eigenvalue weighted by molar-refractivity contribution is -0.134. The van der Waals surface area contributed by atoms with Crippen LogP contribution in [0.1, 0.15) is 17.5 Å². The lowest BCUT2D eigenvalue weighted by atomic mass is 9.78. The molecule has 1 unspecified atom stereocenters. The monoisotopic (exact) mass is 417 g/mol. The van der Waals surface area contributed by atoms with Gasteiger partial charge in [0.05, 0.1) is 10.0 Å². The number of fused-ring (bicyclic) bond motifs is 1. The Balaban J connectivity index is 1.47. The van der Waals surface area contributed by atoms with Crippen molar-refractivity contribution in [3.63, 3.8) is 0 Å². The maximum atomic E-state index is 13.0. The standard InChI is InChI=1S/C20H17Cl2N3O3/c21-15-6-5-14(9-16(15)22)23-17(26)11-25-18(27)20(24-19(25)28)8-7-12-3-1-2-4-13(12)10-20/h1-6,9H,7-8,10-11H2,(H,23,26)(H,24,28). The van der Waals surface area contributed by atoms with Crippen LogP contribution < -0.4 is 10.6 Å². The first-order chi connectivity index (χ1) is 13.4. The van der Waals surface area contributed by atoms with Crippen LogP contribution in [0.2, 0.25) is 10.0 Å². The number of imide groups is 1. The normalized spacial score (nSPS) is 20.9. The quantitative estimate of drug-likeness (QED) is 0.750. The van der Waals surface area contributed by atoms with Gasteiger partial charge in [0, 0.05) is 12.1 Å². The van der Waals surface area contributed by atoms with E-state index in [1.165, 1.54) is 11.6 Å². The summed E-state index contributed by atoms with van der Waals surface area (Å²) >= 11 is 11.8. The number of anilines is 1. The smallest absolute Gasteiger partial charge is 0.324 e. The van der Waals surface area contributed by atoms with Gasteiger partial charge in [0.1, 0.15) is 12.1 Å². The van der Waals surface area contributed by atoms with Gasteiger partial charge in [-0.15, -0.1) is 0 Å². The molecule has 1 aliphatic carbocycles. The van der Waals surface area contributed by atoms with Gasteiger partial charge < -0.3 is 10.6 Å². The summed E-state index contributed by atoms with van der Waals surface area (Å²) in [5.41, 5.74) is 1.69. The molecular formula is C20H17Cl2N3O3. The molecule has 0 bridgehead atoms. The topological polar surface area (TPSA) is 78.5 Å². The number of rotatable bonds is 3. The molecule has 2 aliphatic rings. The average molecular weight is 418 g/mol. The summed E-state index contributed by atoms with van der Waals surface area (Å²) in [6, 6.07) is 12.0. The second-order valence-corrected chi connectivity index (χ2v) is 7.84. The Morgan fingerprint density at radius 2 is 1.86 bits per heavy atom. The predicted octanol–water partition coefficient (Wildman–Crippen LogP) is 3.41. The highest BCUT2D eigenvalue weighted by molar-refractivity contribution is 6.42. The van der Waals surface area contributed by atoms with Crippen molar-refractivity contribution in [2.45, 2.75) is 24.8 Å². The first-order valence-corrected chi connectivity index (χ1v) is 9.59. The van der Waals surface area contributed by atoms with Crippen molar-refractivity contribution in [2.24, 2.45) is 0 Å². The molecule has 0 aromatic heterocycles. The molecule has 1 aliphatic heterocycles. The number of nitrogens with zero attached hydrogens (tertiary/aromatic N) is 1. The van der Waals surface area contributed by atoms with Crippen molar-refractivity contribution in [2.75, 3.05) is 11.9 Å². The van der Waals surface area contributed by atoms with Gasteiger partial charge in [-0.05, 0) is 42.2 Å². The number of hydrogen-bond donors (Lipinski definition) is 2. The van der Waals surface area contributed by atoms with Crippen LogP contribution in [0.4, 0.5) is 10.5 Å². The summed E-state index contributed by atoms with van der Waals surface area (Å²) in [6.45, 7) is -0.367. The van der Waals surface area contributed by atoms with Crippen LogP contribution in [0.25, 0.3) is 0 Å². The van der Waals surface area contributed by atoms with Gasteiger partial charge in [-0.2, -0.15) is 0 Å². The molecule has 1 heterocycles. The number of amides is 4. The zero-order chi connectivity index (χ0) is 19.9. The first kappa shape index (κ1) is 18.8. The number of halogens is 2. The van der Waals surface area contributed by atoms with Gasteiger partial charge in [-0.3, -0.25) is 14.5 Å². The Kier molecular flexibility index (Phi) is 4.77. The van der Waals surface area contributed by atoms with Gasteiger partial charge in [0.15, 0.2) is 0 Å². The third-order valence-corrected chi connectivity index (χ3v) is 5.92. The van der Waals surface area contributed by atoms with Crippen LogP contribution >= 0.6 is 23.2 Å². The maximum absolute atomic E-state index is 13.0. The van der Waals surface area contributed by atoms with Crippen LogP contribution in [-0.2, 0) is 22.4 Å². The van der Waals surface area contributed by atoms with Gasteiger partial charge in [0.2, 0.25) is 5.91 Å². The molecular weight excluding hydrogens is 401 g/mol. The molecule has 1 fully saturated rings. The first-order valence-electron chi connectivity index (χ1n) is 8.84. The largest absolute Gasteiger partial charge is 0.325 e. The van der Waals surface area contributed by atoms with Crippen molar-refractivity contribution < 1.29 is 14.4 Å². The molecule has 4 amide bonds. The molecule has 8 heteroatoms. The van der Waals surface area contributed by atoms with Crippen LogP contribution in [0.3, 0.4) is 0 Å². The molecule has 1 atom stereocenters. The number of urea groups is 1. The lowest BCUT2D eigenvalue weighted by Crippen LogP contribution is -2.51. The molecule has 2 N–H and O–H groups in total. The van der Waals surface area contributed by atoms with Gasteiger partial charge in [0.25, 0.3) is 5.91 Å². The van der Waals surface area contributed by atoms with Gasteiger partial charge in [-0.25, -0.2) is 4.79 Å². The van der Waals surface area contributed by atoms with E-state index in [-0.39, 0.29) is 12.5 Å². The number of nitrogens with one attached hydrogen (secondary N) is 2. The Labute approximate surface area is 171 Å². The minimum atomic E-state index is -0.977. The van der Waals surface area contributed by atoms with Crippen molar-refractivity contribution in [1.82, 2.24) is 10.2 Å². The zero-order valence-electron chi connectivity index (χ0n) is 14.8. The molecule has 2 aromatic carbocycles. The predicted molar refractivity (Wildman–Crippen MR) is 107 cm³/mol. The Bertz CT molecular complexity index is 994. The zero-order valence-corrected chi connectivity index (χ0v) is 16.3. The highest BCUT2D eigenvalue weighted by atomic mass is 35.5. The summed E-state index contributed by atoms with van der Waals surface area (Å²) in [5, 5.41) is 6.11. The van der Waals surface area contributed by atoms with Gasteiger partial charge >= 0.3 is 6.03 Å². The summed E-state index contributed by atoms with van der Waals surface area (Å²) in [7, 11) is 0. The van der Waals surface area contributed by atoms with Crippen molar-refractivity contribution in [3.05, 3.63) is 63.6 Å². The van der Waals surface area contributed by atoms with E-state index in [2.05, 4.69) is 10.6 Å². The molecule has 1 spiro atoms. The number of hydrogen-bond acceptors (Lipinski definition) is 3. The van der Waals surface area contributed by atoms with Crippen molar-refractivity contribution in [1.29, 1.82) is 0 Å². The number of carbonyl (C=O) groups is 3. The van der Waals surface area contributed by atoms with E-state index in [9.17, 15) is 14.4 Å². The SMILES string of the molecule is O=C(CN1C(=O)NC2(CCc3ccccc3C2)C1=O)Nc1ccc(Cl)c(Cl)c1. The van der Waals surface area contributed by atoms with E-state index >= 15 is 0 Å². The lowest BCUT2D eigenvalue weighted by Gasteiger charge is -2.32. The van der Waals surface area contributed by atoms with Crippen molar-refractivity contribution >= 4 is 46.7 Å². The number of carbonyl (C=O) groups excluding carboxylic acids is 3. The number of aryl methyl sites for hydroxylation is 1. The number of benzene rings is 2. The van der Waals surface area contributed by atoms with E-state index in [0.29, 0.717) is 35.0 Å². The fourth-order valence-electron chi connectivity index (χ4n) is 3.76. The summed E-state index contributed by atoms with van der Waals surface area (Å²) < 4.78 is 0. The summed E-state index contributed by atoms with van der Waals surface area (Å²) in [6.07, 6.45) is 1.64. The summed E-state index contributed by atoms with van der Waals surface area (Å²) in [4.78, 5) is 38.8. The third-order valence-electron chi connectivity index (χ3n) is 5.18. The molecule has 2 aromatic rings. The highest BCUT2D eigenvalue weighted by Crippen LogP contribution is 2.33. The fourth-order valence-corrected chi connectivity index (χ4v) is 4.06. The minimum Gasteiger partial charge on any atom is -0.324 e. The molecule has 1 saturated heterocycles. The second kappa shape index (κ2) is 7.11. The van der Waals surface area contributed by atoms with E-state index < -0.39 is 17.5 Å². The van der Waals surface area contributed by atoms with Gasteiger partial charge in [-0.1, -0.05) is 47.5 Å². The van der Waals surface area contributed by atoms with Crippen molar-refractivity contribution in [3.8, 4) is 0 Å². The molecule has 6 nitrogen and oxygen atoms in total. The van der Waals surface area contributed by atoms with Crippen LogP contribution in [0, 0.1) is 0 Å². The fraction of sp³-hybridized carbons (Fsp3) is 0.250. The minimum absolute atomic E-state index is 0.300. The van der Waals surface area contributed by atoms with E-state index in [0.717, 1.165) is 10.5 Å². The van der Waals surface area contributed by atoms with Crippen LogP contribution in [-0.4, -0.2) is 34.8 Å². The Morgan fingerprint density at radius 1 is 1.11 bits per heavy atom. The molecule has 28 heavy (non-hydrogen) atoms. The average Bonchev–Trinajstić information content (AvgIpc) is 2.88. The molecule has 0 saturated carbocycles. The van der Waals surface area contributed by atoms with E-state index in [4.69, 9.17) is 23.2 Å². The van der Waals surface area contributed by atoms with Crippen LogP contribution in [0.15, 0.2) is 42.5 Å². The Morgan fingerprint density at radius 3 is 2.61 bits per heavy atom. The third kappa shape index (κ3) is 3.34. The van der Waals surface area contributed by atoms with E-state index in [1.54, 1.807) is 12.1 Å². The van der Waals surface area contributed by atoms with Crippen LogP contribution in [0.5, 0.6) is 0 Å².